The molecule has 1 aliphatic heterocycles. The molecule has 1 aromatic heterocycles. The van der Waals surface area contributed by atoms with Gasteiger partial charge in [0.1, 0.15) is 11.4 Å². The summed E-state index contributed by atoms with van der Waals surface area (Å²) in [4.78, 5) is 16.3. The third kappa shape index (κ3) is 1.67. The zero-order valence-electron chi connectivity index (χ0n) is 10.6. The average molecular weight is 291 g/mol. The number of fused-ring (bicyclic) bond motifs is 1. The van der Waals surface area contributed by atoms with Gasteiger partial charge in [-0.3, -0.25) is 9.78 Å². The first-order valence-corrected chi connectivity index (χ1v) is 6.28. The van der Waals surface area contributed by atoms with Gasteiger partial charge in [0, 0.05) is 22.5 Å². The minimum Gasteiger partial charge on any atom is -0.495 e. The van der Waals surface area contributed by atoms with Crippen LogP contribution in [0.2, 0.25) is 5.02 Å². The van der Waals surface area contributed by atoms with E-state index in [4.69, 9.17) is 16.3 Å². The van der Waals surface area contributed by atoms with Crippen molar-refractivity contribution in [3.8, 4) is 5.75 Å². The van der Waals surface area contributed by atoms with Crippen LogP contribution in [0.3, 0.4) is 0 Å². The van der Waals surface area contributed by atoms with Gasteiger partial charge in [0.2, 0.25) is 5.60 Å². The molecule has 0 fully saturated rings. The molecule has 2 N–H and O–H groups in total. The predicted molar refractivity (Wildman–Crippen MR) is 73.9 cm³/mol. The monoisotopic (exact) mass is 290 g/mol. The van der Waals surface area contributed by atoms with Gasteiger partial charge < -0.3 is 15.2 Å². The minimum atomic E-state index is -1.91. The molecule has 2 aromatic rings. The quantitative estimate of drug-likeness (QED) is 0.886. The Bertz CT molecular complexity index is 705. The van der Waals surface area contributed by atoms with Crippen LogP contribution in [-0.4, -0.2) is 23.1 Å². The molecule has 5 nitrogen and oxygen atoms in total. The third-order valence-corrected chi connectivity index (χ3v) is 3.52. The first-order chi connectivity index (χ1) is 9.57. The molecule has 2 heterocycles. The first kappa shape index (κ1) is 12.9. The molecular weight excluding hydrogens is 280 g/mol. The number of hydrogen-bond acceptors (Lipinski definition) is 4. The Kier molecular flexibility index (Phi) is 2.88. The second-order valence-corrected chi connectivity index (χ2v) is 4.85. The lowest BCUT2D eigenvalue weighted by Crippen LogP contribution is -2.36. The lowest BCUT2D eigenvalue weighted by molar-refractivity contribution is -0.130. The van der Waals surface area contributed by atoms with Crippen molar-refractivity contribution in [3.05, 3.63) is 52.8 Å². The zero-order valence-corrected chi connectivity index (χ0v) is 11.3. The summed E-state index contributed by atoms with van der Waals surface area (Å²) in [5.41, 5.74) is -0.894. The standard InChI is InChI=1S/C14H11ClN2O3/c1-20-11-3-2-6-16-12(11)14(19)9-7-8(15)4-5-10(9)17-13(14)18/h2-7,19H,1H3,(H,17,18). The summed E-state index contributed by atoms with van der Waals surface area (Å²) in [5.74, 6) is -0.246. The van der Waals surface area contributed by atoms with Crippen LogP contribution in [0.1, 0.15) is 11.3 Å². The molecule has 1 atom stereocenters. The highest BCUT2D eigenvalue weighted by Gasteiger charge is 2.49. The van der Waals surface area contributed by atoms with E-state index < -0.39 is 11.5 Å². The van der Waals surface area contributed by atoms with Crippen LogP contribution in [0.4, 0.5) is 5.69 Å². The molecule has 0 saturated heterocycles. The largest absolute Gasteiger partial charge is 0.495 e. The molecular formula is C14H11ClN2O3. The molecule has 1 aliphatic rings. The number of anilines is 1. The predicted octanol–water partition coefficient (Wildman–Crippen LogP) is 1.93. The van der Waals surface area contributed by atoms with Crippen LogP contribution in [0.25, 0.3) is 0 Å². The SMILES string of the molecule is COc1cccnc1C1(O)C(=O)Nc2ccc(Cl)cc21. The van der Waals surface area contributed by atoms with Crippen LogP contribution in [-0.2, 0) is 10.4 Å². The van der Waals surface area contributed by atoms with Gasteiger partial charge in [0.25, 0.3) is 5.91 Å². The molecule has 1 unspecified atom stereocenters. The number of ether oxygens (including phenoxy) is 1. The number of pyridine rings is 1. The number of aromatic nitrogens is 1. The fraction of sp³-hybridized carbons (Fsp3) is 0.143. The van der Waals surface area contributed by atoms with Crippen molar-refractivity contribution in [1.82, 2.24) is 4.98 Å². The van der Waals surface area contributed by atoms with Gasteiger partial charge in [0.15, 0.2) is 0 Å². The lowest BCUT2D eigenvalue weighted by atomic mass is 9.90. The Morgan fingerprint density at radius 1 is 1.40 bits per heavy atom. The minimum absolute atomic E-state index is 0.140. The highest BCUT2D eigenvalue weighted by atomic mass is 35.5. The highest BCUT2D eigenvalue weighted by molar-refractivity contribution is 6.31. The van der Waals surface area contributed by atoms with Crippen LogP contribution >= 0.6 is 11.6 Å². The van der Waals surface area contributed by atoms with Crippen LogP contribution in [0.5, 0.6) is 5.75 Å². The topological polar surface area (TPSA) is 71.5 Å². The van der Waals surface area contributed by atoms with E-state index in [1.165, 1.54) is 13.3 Å². The number of halogens is 1. The van der Waals surface area contributed by atoms with Gasteiger partial charge in [-0.05, 0) is 30.3 Å². The van der Waals surface area contributed by atoms with Gasteiger partial charge in [0.05, 0.1) is 7.11 Å². The van der Waals surface area contributed by atoms with Crippen LogP contribution in [0, 0.1) is 0 Å². The molecule has 0 radical (unpaired) electrons. The average Bonchev–Trinajstić information content (AvgIpc) is 2.72. The van der Waals surface area contributed by atoms with Crippen molar-refractivity contribution in [2.24, 2.45) is 0 Å². The maximum Gasteiger partial charge on any atom is 0.267 e. The van der Waals surface area contributed by atoms with Gasteiger partial charge in [-0.25, -0.2) is 0 Å². The molecule has 6 heteroatoms. The smallest absolute Gasteiger partial charge is 0.267 e. The van der Waals surface area contributed by atoms with E-state index in [1.54, 1.807) is 30.3 Å². The van der Waals surface area contributed by atoms with Gasteiger partial charge >= 0.3 is 0 Å². The molecule has 20 heavy (non-hydrogen) atoms. The number of carbonyl (C=O) groups is 1. The number of nitrogens with one attached hydrogen (secondary N) is 1. The molecule has 0 spiro atoms. The number of nitrogens with zero attached hydrogens (tertiary/aromatic N) is 1. The van der Waals surface area contributed by atoms with E-state index in [2.05, 4.69) is 10.3 Å². The van der Waals surface area contributed by atoms with Crippen molar-refractivity contribution < 1.29 is 14.6 Å². The summed E-state index contributed by atoms with van der Waals surface area (Å²) in [6, 6.07) is 8.13. The number of methoxy groups -OCH3 is 1. The summed E-state index contributed by atoms with van der Waals surface area (Å²) in [5, 5.41) is 14.0. The summed E-state index contributed by atoms with van der Waals surface area (Å²) in [6.07, 6.45) is 1.49. The maximum atomic E-state index is 12.2. The highest BCUT2D eigenvalue weighted by Crippen LogP contribution is 2.43. The van der Waals surface area contributed by atoms with Crippen molar-refractivity contribution in [3.63, 3.8) is 0 Å². The summed E-state index contributed by atoms with van der Waals surface area (Å²) < 4.78 is 5.18. The van der Waals surface area contributed by atoms with Gasteiger partial charge in [-0.15, -0.1) is 0 Å². The van der Waals surface area contributed by atoms with Crippen molar-refractivity contribution in [1.29, 1.82) is 0 Å². The third-order valence-electron chi connectivity index (χ3n) is 3.28. The molecule has 0 aliphatic carbocycles. The molecule has 0 saturated carbocycles. The first-order valence-electron chi connectivity index (χ1n) is 5.90. The van der Waals surface area contributed by atoms with Crippen molar-refractivity contribution >= 4 is 23.2 Å². The van der Waals surface area contributed by atoms with Crippen molar-refractivity contribution in [2.75, 3.05) is 12.4 Å². The summed E-state index contributed by atoms with van der Waals surface area (Å²) in [6.45, 7) is 0. The Morgan fingerprint density at radius 3 is 2.95 bits per heavy atom. The van der Waals surface area contributed by atoms with E-state index >= 15 is 0 Å². The Labute approximate surface area is 120 Å². The van der Waals surface area contributed by atoms with Crippen LogP contribution in [0.15, 0.2) is 36.5 Å². The molecule has 1 aromatic carbocycles. The fourth-order valence-electron chi connectivity index (χ4n) is 2.32. The van der Waals surface area contributed by atoms with E-state index in [9.17, 15) is 9.90 Å². The van der Waals surface area contributed by atoms with Crippen molar-refractivity contribution in [2.45, 2.75) is 5.60 Å². The Morgan fingerprint density at radius 2 is 2.20 bits per heavy atom. The maximum absolute atomic E-state index is 12.2. The number of aliphatic hydroxyl groups is 1. The molecule has 0 bridgehead atoms. The van der Waals surface area contributed by atoms with Crippen LogP contribution < -0.4 is 10.1 Å². The lowest BCUT2D eigenvalue weighted by Gasteiger charge is -2.22. The number of rotatable bonds is 2. The van der Waals surface area contributed by atoms with Gasteiger partial charge in [-0.2, -0.15) is 0 Å². The number of hydrogen-bond donors (Lipinski definition) is 2. The number of benzene rings is 1. The summed E-state index contributed by atoms with van der Waals surface area (Å²) >= 11 is 5.96. The van der Waals surface area contributed by atoms with E-state index in [0.29, 0.717) is 22.0 Å². The second-order valence-electron chi connectivity index (χ2n) is 4.41. The number of carbonyl (C=O) groups excluding carboxylic acids is 1. The zero-order chi connectivity index (χ0) is 14.3. The van der Waals surface area contributed by atoms with E-state index in [1.807, 2.05) is 0 Å². The normalized spacial score (nSPS) is 20.4. The Hall–Kier alpha value is -2.11. The molecule has 102 valence electrons. The molecule has 3 rings (SSSR count). The van der Waals surface area contributed by atoms with E-state index in [-0.39, 0.29) is 5.69 Å². The Balaban J connectivity index is 2.27. The summed E-state index contributed by atoms with van der Waals surface area (Å²) in [7, 11) is 1.45. The number of amides is 1. The fourth-order valence-corrected chi connectivity index (χ4v) is 2.49. The molecule has 1 amide bonds. The second kappa shape index (κ2) is 4.47. The van der Waals surface area contributed by atoms with Gasteiger partial charge in [-0.1, -0.05) is 11.6 Å². The van der Waals surface area contributed by atoms with E-state index in [0.717, 1.165) is 0 Å².